The number of rotatable bonds is 3. The molecule has 2 rings (SSSR count). The van der Waals surface area contributed by atoms with Crippen LogP contribution in [0.1, 0.15) is 122 Å². The predicted octanol–water partition coefficient (Wildman–Crippen LogP) is 6.99. The van der Waals surface area contributed by atoms with Crippen LogP contribution in [0.5, 0.6) is 0 Å². The smallest absolute Gasteiger partial charge is 0.155 e. The number of ketones is 2. The van der Waals surface area contributed by atoms with Gasteiger partial charge in [-0.2, -0.15) is 0 Å². The van der Waals surface area contributed by atoms with Crippen molar-refractivity contribution >= 4 is 11.6 Å². The molecule has 0 atom stereocenters. The van der Waals surface area contributed by atoms with Gasteiger partial charge in [0, 0.05) is 33.9 Å². The van der Waals surface area contributed by atoms with Crippen molar-refractivity contribution in [2.24, 2.45) is 21.7 Å². The average Bonchev–Trinajstić information content (AvgIpc) is 2.45. The van der Waals surface area contributed by atoms with Crippen LogP contribution in [0.2, 0.25) is 0 Å². The molecule has 0 bridgehead atoms. The first kappa shape index (κ1) is 38.2. The Labute approximate surface area is 240 Å². The number of allylic oxidation sites excluding steroid dienone is 4. The summed E-state index contributed by atoms with van der Waals surface area (Å²) in [5, 5.41) is 40.0. The minimum atomic E-state index is -0.979. The van der Waals surface area contributed by atoms with Crippen LogP contribution in [-0.2, 0) is 31.3 Å². The van der Waals surface area contributed by atoms with E-state index in [1.807, 2.05) is 0 Å². The Morgan fingerprint density at radius 1 is 0.514 bits per heavy atom. The fourth-order valence-corrected chi connectivity index (χ4v) is 7.38. The maximum Gasteiger partial charge on any atom is 0.155 e. The van der Waals surface area contributed by atoms with E-state index in [4.69, 9.17) is 10.2 Å². The fraction of sp³-hybridized carbons (Fsp3) is 0.800. The van der Waals surface area contributed by atoms with E-state index in [-0.39, 0.29) is 66.5 Å². The standard InChI is InChI=1S/C20H38O2.2C5H8O2.Ti/c1-15(2)9-16(3,4)12-19(21,11-15)20(22)13-17(5,6)10-18(7,8)14-20;2*1-4(6)3-5(2)7;/h21-22H,9-14H2,1-8H3;2*3,6H,1-2H3;/b;2*4-3-;. The Kier molecular flexibility index (Phi) is 13.8. The van der Waals surface area contributed by atoms with Crippen LogP contribution >= 0.6 is 0 Å². The van der Waals surface area contributed by atoms with Crippen LogP contribution in [0.15, 0.2) is 23.7 Å². The molecule has 0 aromatic heterocycles. The Hall–Kier alpha value is -0.946. The number of carbonyl (C=O) groups excluding carboxylic acids is 2. The van der Waals surface area contributed by atoms with Crippen molar-refractivity contribution in [1.29, 1.82) is 0 Å². The van der Waals surface area contributed by atoms with E-state index in [1.54, 1.807) is 0 Å². The van der Waals surface area contributed by atoms with Gasteiger partial charge in [-0.1, -0.05) is 55.4 Å². The normalized spacial score (nSPS) is 24.6. The maximum atomic E-state index is 11.6. The minimum absolute atomic E-state index is 0. The Bertz CT molecular complexity index is 738. The van der Waals surface area contributed by atoms with Gasteiger partial charge in [0.1, 0.15) is 0 Å². The SMILES string of the molecule is CC(=O)/C=C(/C)O.CC(=O)/C=C(/C)O.CC1(C)CC(C)(C)CC(O)(C2(O)CC(C)(C)CC(C)(C)C2)C1.[Ti]. The topological polar surface area (TPSA) is 115 Å². The van der Waals surface area contributed by atoms with Gasteiger partial charge in [-0.3, -0.25) is 9.59 Å². The molecule has 0 spiro atoms. The second-order valence-electron chi connectivity index (χ2n) is 14.6. The Morgan fingerprint density at radius 3 is 0.811 bits per heavy atom. The summed E-state index contributed by atoms with van der Waals surface area (Å²) in [6.07, 6.45) is 7.34. The molecule has 0 heterocycles. The zero-order valence-electron chi connectivity index (χ0n) is 25.5. The molecule has 7 heteroatoms. The van der Waals surface area contributed by atoms with Gasteiger partial charge in [-0.25, -0.2) is 0 Å². The quantitative estimate of drug-likeness (QED) is 0.169. The van der Waals surface area contributed by atoms with Crippen molar-refractivity contribution in [3.05, 3.63) is 23.7 Å². The van der Waals surface area contributed by atoms with Gasteiger partial charge >= 0.3 is 0 Å². The van der Waals surface area contributed by atoms with Gasteiger partial charge in [-0.15, -0.1) is 0 Å². The van der Waals surface area contributed by atoms with E-state index >= 15 is 0 Å². The molecule has 2 aliphatic carbocycles. The molecule has 214 valence electrons. The van der Waals surface area contributed by atoms with Crippen molar-refractivity contribution in [3.63, 3.8) is 0 Å². The molecule has 2 fully saturated rings. The second-order valence-corrected chi connectivity index (χ2v) is 14.6. The van der Waals surface area contributed by atoms with Gasteiger partial charge in [0.2, 0.25) is 0 Å². The molecule has 0 aliphatic heterocycles. The molecular formula is C30H54O6Ti. The first-order chi connectivity index (χ1) is 15.7. The summed E-state index contributed by atoms with van der Waals surface area (Å²) >= 11 is 0. The number of hydrogen-bond donors (Lipinski definition) is 4. The molecule has 2 saturated carbocycles. The summed E-state index contributed by atoms with van der Waals surface area (Å²) in [5.74, 6) is -0.125. The Balaban J connectivity index is 0. The third-order valence-corrected chi connectivity index (χ3v) is 6.69. The summed E-state index contributed by atoms with van der Waals surface area (Å²) in [5.41, 5.74) is -1.69. The molecule has 4 N–H and O–H groups in total. The van der Waals surface area contributed by atoms with Crippen molar-refractivity contribution < 1.29 is 51.7 Å². The molecule has 37 heavy (non-hydrogen) atoms. The minimum Gasteiger partial charge on any atom is -0.512 e. The van der Waals surface area contributed by atoms with E-state index in [9.17, 15) is 19.8 Å². The van der Waals surface area contributed by atoms with E-state index < -0.39 is 11.2 Å². The summed E-state index contributed by atoms with van der Waals surface area (Å²) in [7, 11) is 0. The molecule has 0 saturated heterocycles. The monoisotopic (exact) mass is 558 g/mol. The zero-order chi connectivity index (χ0) is 29.0. The van der Waals surface area contributed by atoms with E-state index in [0.717, 1.165) is 12.8 Å². The van der Waals surface area contributed by atoms with Crippen LogP contribution in [0.25, 0.3) is 0 Å². The third-order valence-electron chi connectivity index (χ3n) is 6.69. The first-order valence-corrected chi connectivity index (χ1v) is 13.0. The molecule has 0 aromatic carbocycles. The van der Waals surface area contributed by atoms with E-state index in [2.05, 4.69) is 55.4 Å². The van der Waals surface area contributed by atoms with E-state index in [0.29, 0.717) is 25.7 Å². The van der Waals surface area contributed by atoms with Crippen molar-refractivity contribution in [2.75, 3.05) is 0 Å². The van der Waals surface area contributed by atoms with Crippen LogP contribution in [0.3, 0.4) is 0 Å². The zero-order valence-corrected chi connectivity index (χ0v) is 27.1. The summed E-state index contributed by atoms with van der Waals surface area (Å²) in [4.78, 5) is 20.0. The predicted molar refractivity (Wildman–Crippen MR) is 147 cm³/mol. The number of carbonyl (C=O) groups is 2. The van der Waals surface area contributed by atoms with Gasteiger partial charge in [0.25, 0.3) is 0 Å². The molecule has 6 nitrogen and oxygen atoms in total. The molecule has 0 radical (unpaired) electrons. The molecule has 0 aromatic rings. The first-order valence-electron chi connectivity index (χ1n) is 13.0. The maximum absolute atomic E-state index is 11.6. The molecular weight excluding hydrogens is 504 g/mol. The van der Waals surface area contributed by atoms with Crippen molar-refractivity contribution in [1.82, 2.24) is 0 Å². The van der Waals surface area contributed by atoms with E-state index in [1.165, 1.54) is 39.8 Å². The molecule has 0 amide bonds. The van der Waals surface area contributed by atoms with Gasteiger partial charge in [-0.05, 0) is 87.9 Å². The summed E-state index contributed by atoms with van der Waals surface area (Å²) < 4.78 is 0. The summed E-state index contributed by atoms with van der Waals surface area (Å²) in [6.45, 7) is 23.6. The van der Waals surface area contributed by atoms with Gasteiger partial charge < -0.3 is 20.4 Å². The number of hydrogen-bond acceptors (Lipinski definition) is 6. The van der Waals surface area contributed by atoms with Crippen molar-refractivity contribution in [3.8, 4) is 0 Å². The van der Waals surface area contributed by atoms with Crippen LogP contribution in [0, 0.1) is 21.7 Å². The van der Waals surface area contributed by atoms with Crippen LogP contribution < -0.4 is 0 Å². The number of aliphatic hydroxyl groups is 4. The van der Waals surface area contributed by atoms with Gasteiger partial charge in [0.15, 0.2) is 11.6 Å². The van der Waals surface area contributed by atoms with Crippen LogP contribution in [0.4, 0.5) is 0 Å². The fourth-order valence-electron chi connectivity index (χ4n) is 7.38. The van der Waals surface area contributed by atoms with Crippen LogP contribution in [-0.4, -0.2) is 43.2 Å². The number of aliphatic hydroxyl groups excluding tert-OH is 2. The molecule has 2 aliphatic rings. The van der Waals surface area contributed by atoms with Crippen molar-refractivity contribution in [2.45, 2.75) is 133 Å². The second kappa shape index (κ2) is 13.4. The largest absolute Gasteiger partial charge is 0.512 e. The summed E-state index contributed by atoms with van der Waals surface area (Å²) in [6, 6.07) is 0. The average molecular weight is 559 g/mol. The third kappa shape index (κ3) is 14.1. The van der Waals surface area contributed by atoms with Gasteiger partial charge in [0.05, 0.1) is 22.7 Å². The molecule has 0 unspecified atom stereocenters. The Morgan fingerprint density at radius 2 is 0.703 bits per heavy atom.